The first-order chi connectivity index (χ1) is 11.5. The maximum atomic E-state index is 12.6. The first-order valence-electron chi connectivity index (χ1n) is 8.26. The van der Waals surface area contributed by atoms with E-state index in [1.54, 1.807) is 29.9 Å². The zero-order chi connectivity index (χ0) is 17.5. The number of hydrogen-bond acceptors (Lipinski definition) is 5. The topological polar surface area (TPSA) is 88.5 Å². The number of piperidine rings is 1. The summed E-state index contributed by atoms with van der Waals surface area (Å²) < 4.78 is 6.65. The number of nitrogens with one attached hydrogen (secondary N) is 2. The Morgan fingerprint density at radius 2 is 2.04 bits per heavy atom. The van der Waals surface area contributed by atoms with Crippen LogP contribution in [0.5, 0.6) is 0 Å². The quantitative estimate of drug-likeness (QED) is 0.611. The van der Waals surface area contributed by atoms with Crippen LogP contribution in [0.4, 0.5) is 0 Å². The molecule has 0 aromatic carbocycles. The lowest BCUT2D eigenvalue weighted by Gasteiger charge is -2.37. The Hall–Kier alpha value is -1.35. The van der Waals surface area contributed by atoms with Crippen molar-refractivity contribution in [1.29, 1.82) is 0 Å². The maximum Gasteiger partial charge on any atom is 0.225 e. The van der Waals surface area contributed by atoms with Gasteiger partial charge >= 0.3 is 0 Å². The van der Waals surface area contributed by atoms with Crippen LogP contribution >= 0.6 is 24.8 Å². The Kier molecular flexibility index (Phi) is 11.5. The van der Waals surface area contributed by atoms with Gasteiger partial charge in [-0.05, 0) is 6.42 Å². The molecule has 1 aromatic heterocycles. The number of amides is 2. The van der Waals surface area contributed by atoms with Gasteiger partial charge in [-0.15, -0.1) is 24.8 Å². The molecule has 2 amide bonds. The maximum absolute atomic E-state index is 12.6. The summed E-state index contributed by atoms with van der Waals surface area (Å²) in [6, 6.07) is -0.263. The zero-order valence-electron chi connectivity index (χ0n) is 15.4. The van der Waals surface area contributed by atoms with Crippen molar-refractivity contribution in [2.75, 3.05) is 40.4 Å². The standard InChI is InChI=1S/C16H27N5O3.2ClH/c1-20-11-12(10-19-20)15-13(4-5-14(22)21(15)2)16(23)18-7-6-17-8-9-24-3;;/h10-11,13,15,17H,4-9H2,1-3H3,(H,18,23);2*1H. The number of hydrogen-bond donors (Lipinski definition) is 2. The lowest BCUT2D eigenvalue weighted by atomic mass is 9.85. The van der Waals surface area contributed by atoms with E-state index in [-0.39, 0.29) is 48.6 Å². The third kappa shape index (κ3) is 6.42. The number of carbonyl (C=O) groups excluding carboxylic acids is 2. The minimum Gasteiger partial charge on any atom is -0.383 e. The third-order valence-electron chi connectivity index (χ3n) is 4.35. The number of aryl methyl sites for hydroxylation is 1. The van der Waals surface area contributed by atoms with Gasteiger partial charge < -0.3 is 20.3 Å². The number of aromatic nitrogens is 2. The van der Waals surface area contributed by atoms with Gasteiger partial charge in [0.1, 0.15) is 0 Å². The smallest absolute Gasteiger partial charge is 0.225 e. The highest BCUT2D eigenvalue weighted by atomic mass is 35.5. The molecule has 8 nitrogen and oxygen atoms in total. The summed E-state index contributed by atoms with van der Waals surface area (Å²) >= 11 is 0. The molecule has 2 N–H and O–H groups in total. The molecular weight excluding hydrogens is 381 g/mol. The molecule has 1 aromatic rings. The van der Waals surface area contributed by atoms with Gasteiger partial charge in [-0.3, -0.25) is 14.3 Å². The summed E-state index contributed by atoms with van der Waals surface area (Å²) in [7, 11) is 5.24. The van der Waals surface area contributed by atoms with Crippen LogP contribution in [-0.4, -0.2) is 66.9 Å². The van der Waals surface area contributed by atoms with Crippen molar-refractivity contribution < 1.29 is 14.3 Å². The summed E-state index contributed by atoms with van der Waals surface area (Å²) in [6.07, 6.45) is 4.56. The fourth-order valence-electron chi connectivity index (χ4n) is 3.07. The average Bonchev–Trinajstić information content (AvgIpc) is 2.99. The fourth-order valence-corrected chi connectivity index (χ4v) is 3.07. The van der Waals surface area contributed by atoms with Crippen LogP contribution in [0.15, 0.2) is 12.4 Å². The number of likely N-dealkylation sites (tertiary alicyclic amines) is 1. The van der Waals surface area contributed by atoms with Gasteiger partial charge in [0, 0.05) is 59.0 Å². The van der Waals surface area contributed by atoms with Crippen LogP contribution in [0, 0.1) is 5.92 Å². The lowest BCUT2D eigenvalue weighted by molar-refractivity contribution is -0.141. The predicted molar refractivity (Wildman–Crippen MR) is 104 cm³/mol. The highest BCUT2D eigenvalue weighted by Crippen LogP contribution is 2.35. The molecule has 1 saturated heterocycles. The number of methoxy groups -OCH3 is 1. The van der Waals surface area contributed by atoms with Crippen LogP contribution < -0.4 is 10.6 Å². The van der Waals surface area contributed by atoms with E-state index in [2.05, 4.69) is 15.7 Å². The minimum atomic E-state index is -0.263. The van der Waals surface area contributed by atoms with E-state index in [0.717, 1.165) is 12.1 Å². The van der Waals surface area contributed by atoms with Crippen molar-refractivity contribution in [3.63, 3.8) is 0 Å². The number of carbonyl (C=O) groups is 2. The van der Waals surface area contributed by atoms with E-state index >= 15 is 0 Å². The van der Waals surface area contributed by atoms with Gasteiger partial charge in [-0.2, -0.15) is 5.10 Å². The fraction of sp³-hybridized carbons (Fsp3) is 0.688. The van der Waals surface area contributed by atoms with Crippen LogP contribution in [0.25, 0.3) is 0 Å². The van der Waals surface area contributed by atoms with Crippen LogP contribution in [0.3, 0.4) is 0 Å². The van der Waals surface area contributed by atoms with E-state index in [0.29, 0.717) is 32.5 Å². The Bertz CT molecular complexity index is 570. The molecule has 1 aliphatic heterocycles. The molecule has 0 saturated carbocycles. The van der Waals surface area contributed by atoms with E-state index in [1.165, 1.54) is 0 Å². The molecule has 0 spiro atoms. The van der Waals surface area contributed by atoms with E-state index in [1.807, 2.05) is 13.2 Å². The number of nitrogens with zero attached hydrogens (tertiary/aromatic N) is 3. The second-order valence-electron chi connectivity index (χ2n) is 6.08. The van der Waals surface area contributed by atoms with Gasteiger partial charge in [0.05, 0.1) is 24.8 Å². The average molecular weight is 410 g/mol. The molecule has 2 atom stereocenters. The molecule has 26 heavy (non-hydrogen) atoms. The minimum absolute atomic E-state index is 0. The molecule has 1 aliphatic rings. The molecule has 10 heteroatoms. The van der Waals surface area contributed by atoms with Crippen molar-refractivity contribution in [2.45, 2.75) is 18.9 Å². The van der Waals surface area contributed by atoms with Crippen molar-refractivity contribution in [3.8, 4) is 0 Å². The molecule has 0 bridgehead atoms. The van der Waals surface area contributed by atoms with Gasteiger partial charge in [-0.1, -0.05) is 0 Å². The highest BCUT2D eigenvalue weighted by Gasteiger charge is 2.39. The zero-order valence-corrected chi connectivity index (χ0v) is 17.1. The summed E-state index contributed by atoms with van der Waals surface area (Å²) in [6.45, 7) is 2.64. The second-order valence-corrected chi connectivity index (χ2v) is 6.08. The summed E-state index contributed by atoms with van der Waals surface area (Å²) in [5.74, 6) is -0.207. The van der Waals surface area contributed by atoms with E-state index < -0.39 is 0 Å². The SMILES string of the molecule is COCCNCCNC(=O)C1CCC(=O)N(C)C1c1cnn(C)c1.Cl.Cl. The Balaban J connectivity index is 0.00000312. The van der Waals surface area contributed by atoms with Gasteiger partial charge in [-0.25, -0.2) is 0 Å². The number of halogens is 2. The lowest BCUT2D eigenvalue weighted by Crippen LogP contribution is -2.47. The summed E-state index contributed by atoms with van der Waals surface area (Å²) in [5, 5.41) is 10.3. The largest absolute Gasteiger partial charge is 0.383 e. The van der Waals surface area contributed by atoms with Crippen molar-refractivity contribution in [3.05, 3.63) is 18.0 Å². The molecule has 2 unspecified atom stereocenters. The van der Waals surface area contributed by atoms with Crippen molar-refractivity contribution in [2.24, 2.45) is 13.0 Å². The monoisotopic (exact) mass is 409 g/mol. The third-order valence-corrected chi connectivity index (χ3v) is 4.35. The predicted octanol–water partition coefficient (Wildman–Crippen LogP) is 0.525. The van der Waals surface area contributed by atoms with Crippen molar-refractivity contribution in [1.82, 2.24) is 25.3 Å². The van der Waals surface area contributed by atoms with E-state index in [9.17, 15) is 9.59 Å². The van der Waals surface area contributed by atoms with Crippen LogP contribution in [0.2, 0.25) is 0 Å². The molecule has 0 aliphatic carbocycles. The Labute approximate surface area is 166 Å². The first-order valence-corrected chi connectivity index (χ1v) is 8.26. The van der Waals surface area contributed by atoms with Gasteiger partial charge in [0.15, 0.2) is 0 Å². The van der Waals surface area contributed by atoms with E-state index in [4.69, 9.17) is 4.74 Å². The Morgan fingerprint density at radius 1 is 1.31 bits per heavy atom. The Morgan fingerprint density at radius 3 is 2.65 bits per heavy atom. The van der Waals surface area contributed by atoms with Gasteiger partial charge in [0.25, 0.3) is 0 Å². The summed E-state index contributed by atoms with van der Waals surface area (Å²) in [5.41, 5.74) is 0.895. The molecule has 2 rings (SSSR count). The first kappa shape index (κ1) is 24.7. The van der Waals surface area contributed by atoms with Crippen LogP contribution in [-0.2, 0) is 21.4 Å². The van der Waals surface area contributed by atoms with Crippen LogP contribution in [0.1, 0.15) is 24.4 Å². The summed E-state index contributed by atoms with van der Waals surface area (Å²) in [4.78, 5) is 26.3. The number of rotatable bonds is 8. The molecule has 2 heterocycles. The second kappa shape index (κ2) is 12.1. The molecular formula is C16H29Cl2N5O3. The molecule has 1 fully saturated rings. The molecule has 150 valence electrons. The normalized spacial score (nSPS) is 19.5. The highest BCUT2D eigenvalue weighted by molar-refractivity contribution is 5.86. The molecule has 0 radical (unpaired) electrons. The van der Waals surface area contributed by atoms with Crippen molar-refractivity contribution >= 4 is 36.6 Å². The number of ether oxygens (including phenoxy) is 1. The van der Waals surface area contributed by atoms with Gasteiger partial charge in [0.2, 0.25) is 11.8 Å².